The fourth-order valence-corrected chi connectivity index (χ4v) is 3.71. The lowest BCUT2D eigenvalue weighted by atomic mass is 9.99. The molecule has 0 spiro atoms. The molecule has 1 amide bonds. The highest BCUT2D eigenvalue weighted by molar-refractivity contribution is 6.23. The lowest BCUT2D eigenvalue weighted by Gasteiger charge is -2.19. The summed E-state index contributed by atoms with van der Waals surface area (Å²) < 4.78 is 4.99. The first-order valence-corrected chi connectivity index (χ1v) is 9.77. The van der Waals surface area contributed by atoms with Crippen LogP contribution in [0.25, 0.3) is 6.08 Å². The number of allylic oxidation sites excluding steroid dienone is 1. The fraction of sp³-hybridized carbons (Fsp3) is 0.280. The summed E-state index contributed by atoms with van der Waals surface area (Å²) >= 11 is 0. The minimum atomic E-state index is -0.507. The Hall–Kier alpha value is -3.14. The number of methoxy groups -OCH3 is 1. The van der Waals surface area contributed by atoms with Crippen LogP contribution in [0.1, 0.15) is 48.9 Å². The molecular formula is C25H27NO3. The highest BCUT2D eigenvalue weighted by atomic mass is 16.5. The minimum absolute atomic E-state index is 0.221. The van der Waals surface area contributed by atoms with Gasteiger partial charge in [0.1, 0.15) is 0 Å². The zero-order valence-electron chi connectivity index (χ0n) is 17.9. The Morgan fingerprint density at radius 1 is 1.00 bits per heavy atom. The van der Waals surface area contributed by atoms with Gasteiger partial charge in [-0.3, -0.25) is 9.69 Å². The predicted octanol–water partition coefficient (Wildman–Crippen LogP) is 5.30. The molecular weight excluding hydrogens is 362 g/mol. The van der Waals surface area contributed by atoms with Crippen molar-refractivity contribution in [2.24, 2.45) is 0 Å². The molecule has 0 N–H and O–H groups in total. The summed E-state index contributed by atoms with van der Waals surface area (Å²) in [7, 11) is 1.33. The standard InChI is InChI=1S/C25H27NO3/c1-15(2)20-9-7-19(8-10-20)14-22-23(25(28)29-6)18(5)26(24(22)27)21-12-16(3)11-17(4)13-21/h7-15H,1-6H3/b22-14-. The van der Waals surface area contributed by atoms with Crippen LogP contribution in [0.5, 0.6) is 0 Å². The van der Waals surface area contributed by atoms with Gasteiger partial charge in [-0.25, -0.2) is 4.79 Å². The van der Waals surface area contributed by atoms with Crippen LogP contribution in [0.2, 0.25) is 0 Å². The number of esters is 1. The molecule has 0 radical (unpaired) electrons. The predicted molar refractivity (Wildman–Crippen MR) is 117 cm³/mol. The molecule has 0 aromatic heterocycles. The maximum atomic E-state index is 13.4. The van der Waals surface area contributed by atoms with E-state index in [0.29, 0.717) is 22.8 Å². The molecule has 0 bridgehead atoms. The largest absolute Gasteiger partial charge is 0.465 e. The molecule has 0 aliphatic carbocycles. The number of anilines is 1. The zero-order chi connectivity index (χ0) is 21.3. The molecule has 2 aromatic rings. The van der Waals surface area contributed by atoms with Crippen LogP contribution in [0.3, 0.4) is 0 Å². The summed E-state index contributed by atoms with van der Waals surface area (Å²) in [6.07, 6.45) is 1.77. The van der Waals surface area contributed by atoms with Gasteiger partial charge in [0.25, 0.3) is 5.91 Å². The summed E-state index contributed by atoms with van der Waals surface area (Å²) in [5, 5.41) is 0. The number of rotatable bonds is 4. The number of nitrogens with zero attached hydrogens (tertiary/aromatic N) is 1. The first-order valence-electron chi connectivity index (χ1n) is 9.77. The molecule has 1 aliphatic rings. The van der Waals surface area contributed by atoms with Gasteiger partial charge >= 0.3 is 5.97 Å². The van der Waals surface area contributed by atoms with Crippen LogP contribution < -0.4 is 4.90 Å². The summed E-state index contributed by atoms with van der Waals surface area (Å²) in [4.78, 5) is 27.5. The van der Waals surface area contributed by atoms with Crippen molar-refractivity contribution in [3.63, 3.8) is 0 Å². The Balaban J connectivity index is 2.11. The number of ether oxygens (including phenoxy) is 1. The van der Waals surface area contributed by atoms with Crippen molar-refractivity contribution in [1.82, 2.24) is 0 Å². The maximum absolute atomic E-state index is 13.4. The monoisotopic (exact) mass is 389 g/mol. The smallest absolute Gasteiger partial charge is 0.340 e. The highest BCUT2D eigenvalue weighted by Gasteiger charge is 2.38. The Bertz CT molecular complexity index is 1010. The maximum Gasteiger partial charge on any atom is 0.340 e. The van der Waals surface area contributed by atoms with E-state index in [2.05, 4.69) is 19.9 Å². The van der Waals surface area contributed by atoms with E-state index in [1.807, 2.05) is 50.2 Å². The molecule has 0 saturated carbocycles. The van der Waals surface area contributed by atoms with Gasteiger partial charge < -0.3 is 4.74 Å². The minimum Gasteiger partial charge on any atom is -0.465 e. The van der Waals surface area contributed by atoms with Gasteiger partial charge in [0.05, 0.1) is 18.3 Å². The molecule has 0 atom stereocenters. The number of aryl methyl sites for hydroxylation is 2. The van der Waals surface area contributed by atoms with Crippen LogP contribution in [-0.2, 0) is 14.3 Å². The van der Waals surface area contributed by atoms with Crippen molar-refractivity contribution < 1.29 is 14.3 Å². The average Bonchev–Trinajstić information content (AvgIpc) is 2.90. The number of carbonyl (C=O) groups is 2. The van der Waals surface area contributed by atoms with Gasteiger partial charge in [0.15, 0.2) is 0 Å². The van der Waals surface area contributed by atoms with E-state index in [0.717, 1.165) is 22.4 Å². The Morgan fingerprint density at radius 2 is 1.59 bits per heavy atom. The van der Waals surface area contributed by atoms with E-state index in [9.17, 15) is 9.59 Å². The first kappa shape index (κ1) is 20.6. The molecule has 4 heteroatoms. The Labute approximate surface area is 172 Å². The number of carbonyl (C=O) groups excluding carboxylic acids is 2. The lowest BCUT2D eigenvalue weighted by Crippen LogP contribution is -2.24. The third-order valence-electron chi connectivity index (χ3n) is 5.17. The molecule has 0 unspecified atom stereocenters. The molecule has 3 rings (SSSR count). The second-order valence-corrected chi connectivity index (χ2v) is 7.82. The summed E-state index contributed by atoms with van der Waals surface area (Å²) in [6, 6.07) is 14.0. The fourth-order valence-electron chi connectivity index (χ4n) is 3.71. The van der Waals surface area contributed by atoms with E-state index in [-0.39, 0.29) is 5.91 Å². The van der Waals surface area contributed by atoms with Gasteiger partial charge in [-0.1, -0.05) is 44.2 Å². The zero-order valence-corrected chi connectivity index (χ0v) is 17.9. The van der Waals surface area contributed by atoms with E-state index in [1.54, 1.807) is 17.9 Å². The summed E-state index contributed by atoms with van der Waals surface area (Å²) in [5.74, 6) is -0.300. The SMILES string of the molecule is COC(=O)C1=C(C)N(c2cc(C)cc(C)c2)C(=O)/C1=C\c1ccc(C(C)C)cc1. The molecule has 4 nitrogen and oxygen atoms in total. The number of hydrogen-bond acceptors (Lipinski definition) is 3. The van der Waals surface area contributed by atoms with Crippen LogP contribution in [-0.4, -0.2) is 19.0 Å². The van der Waals surface area contributed by atoms with Crippen LogP contribution in [0.4, 0.5) is 5.69 Å². The van der Waals surface area contributed by atoms with Gasteiger partial charge in [-0.2, -0.15) is 0 Å². The molecule has 1 heterocycles. The van der Waals surface area contributed by atoms with E-state index in [4.69, 9.17) is 4.74 Å². The number of hydrogen-bond donors (Lipinski definition) is 0. The normalized spacial score (nSPS) is 15.6. The van der Waals surface area contributed by atoms with Crippen LogP contribution in [0.15, 0.2) is 59.3 Å². The lowest BCUT2D eigenvalue weighted by molar-refractivity contribution is -0.136. The second kappa shape index (κ2) is 8.08. The quantitative estimate of drug-likeness (QED) is 0.526. The topological polar surface area (TPSA) is 46.6 Å². The van der Waals surface area contributed by atoms with E-state index >= 15 is 0 Å². The molecule has 29 heavy (non-hydrogen) atoms. The second-order valence-electron chi connectivity index (χ2n) is 7.82. The molecule has 2 aromatic carbocycles. The van der Waals surface area contributed by atoms with Crippen molar-refractivity contribution in [1.29, 1.82) is 0 Å². The van der Waals surface area contributed by atoms with Gasteiger partial charge in [-0.05, 0) is 67.2 Å². The molecule has 1 aliphatic heterocycles. The number of amides is 1. The van der Waals surface area contributed by atoms with Crippen LogP contribution >= 0.6 is 0 Å². The molecule has 150 valence electrons. The Kier molecular flexibility index (Phi) is 5.73. The van der Waals surface area contributed by atoms with E-state index < -0.39 is 5.97 Å². The van der Waals surface area contributed by atoms with Gasteiger partial charge in [0, 0.05) is 11.4 Å². The summed E-state index contributed by atoms with van der Waals surface area (Å²) in [6.45, 7) is 10.0. The first-order chi connectivity index (χ1) is 13.7. The summed E-state index contributed by atoms with van der Waals surface area (Å²) in [5.41, 5.74) is 6.21. The molecule has 0 saturated heterocycles. The van der Waals surface area contributed by atoms with Crippen molar-refractivity contribution in [2.75, 3.05) is 12.0 Å². The number of benzene rings is 2. The van der Waals surface area contributed by atoms with Crippen molar-refractivity contribution in [3.05, 3.63) is 81.6 Å². The van der Waals surface area contributed by atoms with Crippen LogP contribution in [0, 0.1) is 13.8 Å². The third-order valence-corrected chi connectivity index (χ3v) is 5.17. The van der Waals surface area contributed by atoms with Crippen molar-refractivity contribution in [3.8, 4) is 0 Å². The highest BCUT2D eigenvalue weighted by Crippen LogP contribution is 2.36. The van der Waals surface area contributed by atoms with Crippen molar-refractivity contribution >= 4 is 23.6 Å². The molecule has 0 fully saturated rings. The average molecular weight is 389 g/mol. The third kappa shape index (κ3) is 4.02. The van der Waals surface area contributed by atoms with Gasteiger partial charge in [-0.15, -0.1) is 0 Å². The van der Waals surface area contributed by atoms with Gasteiger partial charge in [0.2, 0.25) is 0 Å². The van der Waals surface area contributed by atoms with Crippen molar-refractivity contribution in [2.45, 2.75) is 40.5 Å². The van der Waals surface area contributed by atoms with E-state index in [1.165, 1.54) is 12.7 Å². The Morgan fingerprint density at radius 3 is 2.10 bits per heavy atom.